The van der Waals surface area contributed by atoms with Gasteiger partial charge in [0.2, 0.25) is 5.91 Å². The monoisotopic (exact) mass is 811 g/mol. The van der Waals surface area contributed by atoms with Crippen LogP contribution in [0, 0.1) is 0 Å². The van der Waals surface area contributed by atoms with E-state index >= 15 is 0 Å². The summed E-state index contributed by atoms with van der Waals surface area (Å²) in [5.41, 5.74) is 5.39. The molecular formula is C47H91N2O6P. The number of nitrogens with one attached hydrogen (secondary N) is 1. The molecule has 0 fully saturated rings. The second-order valence-corrected chi connectivity index (χ2v) is 17.4. The van der Waals surface area contributed by atoms with Crippen LogP contribution in [0.3, 0.4) is 0 Å². The number of carbonyl (C=O) groups excluding carboxylic acids is 1. The number of hydrogen-bond donors (Lipinski definition) is 4. The Labute approximate surface area is 346 Å². The van der Waals surface area contributed by atoms with Crippen LogP contribution >= 0.6 is 7.82 Å². The molecule has 3 atom stereocenters. The fourth-order valence-corrected chi connectivity index (χ4v) is 7.67. The average molecular weight is 811 g/mol. The van der Waals surface area contributed by atoms with Gasteiger partial charge in [-0.25, -0.2) is 4.57 Å². The van der Waals surface area contributed by atoms with Gasteiger partial charge >= 0.3 is 7.82 Å². The van der Waals surface area contributed by atoms with Crippen LogP contribution in [0.5, 0.6) is 0 Å². The number of aliphatic hydroxyl groups is 1. The van der Waals surface area contributed by atoms with Crippen LogP contribution in [0.2, 0.25) is 0 Å². The van der Waals surface area contributed by atoms with Gasteiger partial charge in [0.25, 0.3) is 0 Å². The molecule has 1 amide bonds. The highest BCUT2D eigenvalue weighted by Gasteiger charge is 2.27. The first-order valence-electron chi connectivity index (χ1n) is 23.6. The molecule has 0 aliphatic rings. The van der Waals surface area contributed by atoms with Gasteiger partial charge in [-0.15, -0.1) is 0 Å². The fraction of sp³-hybridized carbons (Fsp3) is 0.851. The van der Waals surface area contributed by atoms with E-state index < -0.39 is 20.0 Å². The van der Waals surface area contributed by atoms with Gasteiger partial charge in [0, 0.05) is 13.0 Å². The third-order valence-electron chi connectivity index (χ3n) is 10.5. The SMILES string of the molecule is CCCCC/C=C\C/C=C\C/C=C\CCCCCCCCC(=O)NC(COP(=O)(O)OCCN)C(O)CCCCCCCCCCCCCCCCCCCC. The third-order valence-corrected chi connectivity index (χ3v) is 11.5. The highest BCUT2D eigenvalue weighted by Crippen LogP contribution is 2.43. The lowest BCUT2D eigenvalue weighted by Gasteiger charge is -2.25. The van der Waals surface area contributed by atoms with Crippen molar-refractivity contribution in [2.45, 2.75) is 238 Å². The predicted molar refractivity (Wildman–Crippen MR) is 240 cm³/mol. The second kappa shape index (κ2) is 43.3. The Morgan fingerprint density at radius 1 is 0.589 bits per heavy atom. The zero-order valence-electron chi connectivity index (χ0n) is 36.6. The van der Waals surface area contributed by atoms with E-state index in [2.05, 4.69) is 55.6 Å². The lowest BCUT2D eigenvalue weighted by atomic mass is 10.0. The maximum absolute atomic E-state index is 12.8. The number of phosphoric ester groups is 1. The Bertz CT molecular complexity index is 974. The Balaban J connectivity index is 4.14. The smallest absolute Gasteiger partial charge is 0.391 e. The number of amides is 1. The molecule has 5 N–H and O–H groups in total. The molecule has 0 aliphatic heterocycles. The quantitative estimate of drug-likeness (QED) is 0.0274. The molecule has 9 heteroatoms. The van der Waals surface area contributed by atoms with Crippen molar-refractivity contribution in [3.8, 4) is 0 Å². The molecule has 0 saturated heterocycles. The minimum Gasteiger partial charge on any atom is -0.391 e. The van der Waals surface area contributed by atoms with Crippen LogP contribution in [-0.2, 0) is 18.4 Å². The minimum absolute atomic E-state index is 0.0860. The molecule has 8 nitrogen and oxygen atoms in total. The number of hydrogen-bond acceptors (Lipinski definition) is 6. The van der Waals surface area contributed by atoms with E-state index in [4.69, 9.17) is 14.8 Å². The van der Waals surface area contributed by atoms with E-state index in [-0.39, 0.29) is 25.7 Å². The van der Waals surface area contributed by atoms with Crippen LogP contribution in [0.15, 0.2) is 36.5 Å². The normalized spacial score (nSPS) is 14.3. The minimum atomic E-state index is -4.32. The molecule has 56 heavy (non-hydrogen) atoms. The number of allylic oxidation sites excluding steroid dienone is 6. The zero-order valence-corrected chi connectivity index (χ0v) is 37.5. The van der Waals surface area contributed by atoms with Gasteiger partial charge in [-0.2, -0.15) is 0 Å². The van der Waals surface area contributed by atoms with Crippen molar-refractivity contribution in [2.75, 3.05) is 19.8 Å². The second-order valence-electron chi connectivity index (χ2n) is 16.0. The number of unbranched alkanes of at least 4 members (excludes halogenated alkanes) is 26. The molecule has 0 heterocycles. The van der Waals surface area contributed by atoms with Crippen LogP contribution in [0.25, 0.3) is 0 Å². The molecule has 0 aromatic heterocycles. The van der Waals surface area contributed by atoms with Gasteiger partial charge < -0.3 is 21.1 Å². The molecular weight excluding hydrogens is 719 g/mol. The summed E-state index contributed by atoms with van der Waals surface area (Å²) in [6.07, 6.45) is 51.5. The molecule has 0 bridgehead atoms. The van der Waals surface area contributed by atoms with Crippen molar-refractivity contribution >= 4 is 13.7 Å². The first-order chi connectivity index (χ1) is 27.4. The van der Waals surface area contributed by atoms with Gasteiger partial charge in [0.05, 0.1) is 25.4 Å². The van der Waals surface area contributed by atoms with Crippen LogP contribution in [-0.4, -0.2) is 47.8 Å². The highest BCUT2D eigenvalue weighted by atomic mass is 31.2. The summed E-state index contributed by atoms with van der Waals surface area (Å²) in [6, 6.07) is -0.782. The van der Waals surface area contributed by atoms with Gasteiger partial charge in [-0.1, -0.05) is 204 Å². The van der Waals surface area contributed by atoms with Crippen molar-refractivity contribution in [1.82, 2.24) is 5.32 Å². The number of nitrogens with two attached hydrogens (primary N) is 1. The Morgan fingerprint density at radius 2 is 0.982 bits per heavy atom. The first kappa shape index (κ1) is 54.7. The third kappa shape index (κ3) is 40.9. The molecule has 0 aromatic rings. The van der Waals surface area contributed by atoms with Crippen molar-refractivity contribution in [2.24, 2.45) is 5.73 Å². The van der Waals surface area contributed by atoms with Crippen molar-refractivity contribution in [1.29, 1.82) is 0 Å². The van der Waals surface area contributed by atoms with E-state index in [0.29, 0.717) is 12.8 Å². The number of rotatable bonds is 44. The average Bonchev–Trinajstić information content (AvgIpc) is 3.19. The molecule has 0 spiro atoms. The maximum atomic E-state index is 12.8. The van der Waals surface area contributed by atoms with E-state index in [1.807, 2.05) is 0 Å². The molecule has 0 rings (SSSR count). The lowest BCUT2D eigenvalue weighted by Crippen LogP contribution is -2.46. The van der Waals surface area contributed by atoms with E-state index in [1.165, 1.54) is 135 Å². The van der Waals surface area contributed by atoms with E-state index in [0.717, 1.165) is 64.2 Å². The molecule has 330 valence electrons. The van der Waals surface area contributed by atoms with Crippen molar-refractivity contribution < 1.29 is 28.4 Å². The van der Waals surface area contributed by atoms with Crippen molar-refractivity contribution in [3.63, 3.8) is 0 Å². The van der Waals surface area contributed by atoms with Crippen LogP contribution in [0.1, 0.15) is 226 Å². The number of aliphatic hydroxyl groups excluding tert-OH is 1. The molecule has 0 aromatic carbocycles. The molecule has 0 saturated carbocycles. The Hall–Kier alpha value is -1.28. The molecule has 0 aliphatic carbocycles. The lowest BCUT2D eigenvalue weighted by molar-refractivity contribution is -0.123. The molecule has 3 unspecified atom stereocenters. The van der Waals surface area contributed by atoms with Gasteiger partial charge in [-0.05, 0) is 51.4 Å². The van der Waals surface area contributed by atoms with Gasteiger partial charge in [0.15, 0.2) is 0 Å². The summed E-state index contributed by atoms with van der Waals surface area (Å²) in [6.45, 7) is 4.19. The van der Waals surface area contributed by atoms with Crippen LogP contribution < -0.4 is 11.1 Å². The maximum Gasteiger partial charge on any atom is 0.472 e. The summed E-state index contributed by atoms with van der Waals surface area (Å²) in [4.78, 5) is 22.8. The first-order valence-corrected chi connectivity index (χ1v) is 25.1. The van der Waals surface area contributed by atoms with E-state index in [9.17, 15) is 19.4 Å². The zero-order chi connectivity index (χ0) is 41.1. The fourth-order valence-electron chi connectivity index (χ4n) is 6.91. The number of phosphoric acid groups is 1. The molecule has 0 radical (unpaired) electrons. The Morgan fingerprint density at radius 3 is 1.46 bits per heavy atom. The summed E-state index contributed by atoms with van der Waals surface area (Å²) in [5.74, 6) is -0.173. The Kier molecular flexibility index (Phi) is 42.3. The highest BCUT2D eigenvalue weighted by molar-refractivity contribution is 7.47. The summed E-state index contributed by atoms with van der Waals surface area (Å²) >= 11 is 0. The topological polar surface area (TPSA) is 131 Å². The predicted octanol–water partition coefficient (Wildman–Crippen LogP) is 13.5. The largest absolute Gasteiger partial charge is 0.472 e. The van der Waals surface area contributed by atoms with Crippen LogP contribution in [0.4, 0.5) is 0 Å². The summed E-state index contributed by atoms with van der Waals surface area (Å²) in [7, 11) is -4.32. The van der Waals surface area contributed by atoms with E-state index in [1.54, 1.807) is 0 Å². The summed E-state index contributed by atoms with van der Waals surface area (Å²) in [5, 5.41) is 13.8. The van der Waals surface area contributed by atoms with Gasteiger partial charge in [-0.3, -0.25) is 13.8 Å². The standard InChI is InChI=1S/C47H91N2O6P/c1-3-5-7-9-11-13-15-17-19-21-23-25-27-29-31-33-35-37-39-41-47(51)49-45(44-55-56(52,53)54-43-42-48)46(50)40-38-36-34-32-30-28-26-24-22-20-18-16-14-12-10-8-6-4-2/h11,13,17,19,23,25,45-46,50H,3-10,12,14-16,18,20-22,24,26-44,48H2,1-2H3,(H,49,51)(H,52,53)/b13-11-,19-17-,25-23-. The number of carbonyl (C=O) groups is 1. The summed E-state index contributed by atoms with van der Waals surface area (Å²) < 4.78 is 22.2. The van der Waals surface area contributed by atoms with Crippen molar-refractivity contribution in [3.05, 3.63) is 36.5 Å². The van der Waals surface area contributed by atoms with Gasteiger partial charge in [0.1, 0.15) is 0 Å².